The third-order valence-corrected chi connectivity index (χ3v) is 3.10. The summed E-state index contributed by atoms with van der Waals surface area (Å²) in [6.07, 6.45) is 2.89. The Hall–Kier alpha value is -1.35. The normalized spacial score (nSPS) is 18.5. The third-order valence-electron chi connectivity index (χ3n) is 3.10. The average molecular weight is 234 g/mol. The molecule has 1 unspecified atom stereocenters. The number of hydrogen-bond donors (Lipinski definition) is 1. The lowest BCUT2D eigenvalue weighted by Gasteiger charge is -2.19. The predicted molar refractivity (Wildman–Crippen MR) is 65.3 cm³/mol. The standard InChI is InChI=1S/C14H18O3/c1-3-14(2,16)13(15)10-5-4-6-12(9-10)17-11-7-8-11/h4-6,9,11,16H,3,7-8H2,1-2H3. The number of ketones is 1. The summed E-state index contributed by atoms with van der Waals surface area (Å²) in [6, 6.07) is 7.06. The summed E-state index contributed by atoms with van der Waals surface area (Å²) in [7, 11) is 0. The predicted octanol–water partition coefficient (Wildman–Crippen LogP) is 2.57. The van der Waals surface area contributed by atoms with Crippen molar-refractivity contribution < 1.29 is 14.6 Å². The highest BCUT2D eigenvalue weighted by Gasteiger charge is 2.29. The summed E-state index contributed by atoms with van der Waals surface area (Å²) >= 11 is 0. The van der Waals surface area contributed by atoms with Crippen molar-refractivity contribution >= 4 is 5.78 Å². The van der Waals surface area contributed by atoms with Gasteiger partial charge in [0.15, 0.2) is 5.78 Å². The van der Waals surface area contributed by atoms with E-state index in [1.54, 1.807) is 32.0 Å². The van der Waals surface area contributed by atoms with Crippen LogP contribution in [0.1, 0.15) is 43.5 Å². The molecule has 1 N–H and O–H groups in total. The van der Waals surface area contributed by atoms with Crippen LogP contribution in [0.5, 0.6) is 5.75 Å². The Balaban J connectivity index is 2.17. The SMILES string of the molecule is CCC(C)(O)C(=O)c1cccc(OC2CC2)c1. The smallest absolute Gasteiger partial charge is 0.194 e. The van der Waals surface area contributed by atoms with E-state index in [-0.39, 0.29) is 5.78 Å². The fourth-order valence-corrected chi connectivity index (χ4v) is 1.56. The fraction of sp³-hybridized carbons (Fsp3) is 0.500. The van der Waals surface area contributed by atoms with Gasteiger partial charge in [0.25, 0.3) is 0 Å². The van der Waals surface area contributed by atoms with Crippen LogP contribution in [0.4, 0.5) is 0 Å². The molecule has 1 aliphatic carbocycles. The van der Waals surface area contributed by atoms with Crippen LogP contribution < -0.4 is 4.74 Å². The molecule has 1 aromatic rings. The maximum Gasteiger partial charge on any atom is 0.194 e. The van der Waals surface area contributed by atoms with Crippen LogP contribution in [-0.2, 0) is 0 Å². The molecule has 1 saturated carbocycles. The van der Waals surface area contributed by atoms with E-state index in [2.05, 4.69) is 0 Å². The third kappa shape index (κ3) is 2.86. The van der Waals surface area contributed by atoms with Gasteiger partial charge in [-0.15, -0.1) is 0 Å². The van der Waals surface area contributed by atoms with Crippen molar-refractivity contribution in [3.05, 3.63) is 29.8 Å². The highest BCUT2D eigenvalue weighted by Crippen LogP contribution is 2.28. The molecule has 0 bridgehead atoms. The number of hydrogen-bond acceptors (Lipinski definition) is 3. The van der Waals surface area contributed by atoms with E-state index in [4.69, 9.17) is 4.74 Å². The number of rotatable bonds is 5. The van der Waals surface area contributed by atoms with Crippen LogP contribution in [0, 0.1) is 0 Å². The van der Waals surface area contributed by atoms with Crippen LogP contribution in [0.2, 0.25) is 0 Å². The number of benzene rings is 1. The number of carbonyl (C=O) groups is 1. The van der Waals surface area contributed by atoms with Crippen molar-refractivity contribution in [1.29, 1.82) is 0 Å². The van der Waals surface area contributed by atoms with Crippen molar-refractivity contribution in [1.82, 2.24) is 0 Å². The van der Waals surface area contributed by atoms with E-state index in [9.17, 15) is 9.90 Å². The minimum absolute atomic E-state index is 0.249. The molecule has 0 heterocycles. The van der Waals surface area contributed by atoms with Crippen molar-refractivity contribution in [2.75, 3.05) is 0 Å². The monoisotopic (exact) mass is 234 g/mol. The van der Waals surface area contributed by atoms with Crippen LogP contribution in [0.3, 0.4) is 0 Å². The summed E-state index contributed by atoms with van der Waals surface area (Å²) in [5.41, 5.74) is -0.784. The van der Waals surface area contributed by atoms with E-state index in [0.717, 1.165) is 12.8 Å². The lowest BCUT2D eigenvalue weighted by Crippen LogP contribution is -2.34. The van der Waals surface area contributed by atoms with Gasteiger partial charge in [-0.3, -0.25) is 4.79 Å². The average Bonchev–Trinajstić information content (AvgIpc) is 3.12. The van der Waals surface area contributed by atoms with Crippen LogP contribution in [0.15, 0.2) is 24.3 Å². The Bertz CT molecular complexity index is 419. The van der Waals surface area contributed by atoms with Gasteiger partial charge in [-0.25, -0.2) is 0 Å². The zero-order valence-electron chi connectivity index (χ0n) is 10.3. The molecular weight excluding hydrogens is 216 g/mol. The second kappa shape index (κ2) is 4.49. The molecular formula is C14H18O3. The highest BCUT2D eigenvalue weighted by atomic mass is 16.5. The molecule has 0 amide bonds. The second-order valence-electron chi connectivity index (χ2n) is 4.80. The van der Waals surface area contributed by atoms with E-state index in [0.29, 0.717) is 23.8 Å². The molecule has 1 atom stereocenters. The number of ether oxygens (including phenoxy) is 1. The first kappa shape index (κ1) is 12.1. The highest BCUT2D eigenvalue weighted by molar-refractivity contribution is 6.02. The maximum absolute atomic E-state index is 12.0. The van der Waals surface area contributed by atoms with Gasteiger partial charge in [-0.1, -0.05) is 19.1 Å². The Labute approximate surface area is 101 Å². The van der Waals surface area contributed by atoms with Crippen molar-refractivity contribution in [3.8, 4) is 5.75 Å². The van der Waals surface area contributed by atoms with Crippen LogP contribution >= 0.6 is 0 Å². The molecule has 0 radical (unpaired) electrons. The first-order valence-corrected chi connectivity index (χ1v) is 6.07. The van der Waals surface area contributed by atoms with Gasteiger partial charge in [0.2, 0.25) is 0 Å². The largest absolute Gasteiger partial charge is 0.490 e. The lowest BCUT2D eigenvalue weighted by atomic mass is 9.92. The second-order valence-corrected chi connectivity index (χ2v) is 4.80. The molecule has 2 rings (SSSR count). The molecule has 0 spiro atoms. The minimum Gasteiger partial charge on any atom is -0.490 e. The Morgan fingerprint density at radius 1 is 1.53 bits per heavy atom. The first-order valence-electron chi connectivity index (χ1n) is 6.07. The number of aliphatic hydroxyl groups is 1. The zero-order valence-corrected chi connectivity index (χ0v) is 10.3. The van der Waals surface area contributed by atoms with Crippen LogP contribution in [-0.4, -0.2) is 22.6 Å². The molecule has 0 aliphatic heterocycles. The van der Waals surface area contributed by atoms with Gasteiger partial charge in [0.1, 0.15) is 11.4 Å². The molecule has 1 aromatic carbocycles. The van der Waals surface area contributed by atoms with E-state index >= 15 is 0 Å². The Morgan fingerprint density at radius 3 is 2.82 bits per heavy atom. The molecule has 0 aromatic heterocycles. The molecule has 1 fully saturated rings. The lowest BCUT2D eigenvalue weighted by molar-refractivity contribution is 0.0390. The zero-order chi connectivity index (χ0) is 12.5. The van der Waals surface area contributed by atoms with E-state index < -0.39 is 5.60 Å². The number of carbonyl (C=O) groups excluding carboxylic acids is 1. The maximum atomic E-state index is 12.0. The van der Waals surface area contributed by atoms with Gasteiger partial charge < -0.3 is 9.84 Å². The van der Waals surface area contributed by atoms with Gasteiger partial charge in [-0.2, -0.15) is 0 Å². The quantitative estimate of drug-likeness (QED) is 0.796. The minimum atomic E-state index is -1.29. The van der Waals surface area contributed by atoms with Crippen molar-refractivity contribution in [2.24, 2.45) is 0 Å². The Morgan fingerprint density at radius 2 is 2.24 bits per heavy atom. The molecule has 1 aliphatic rings. The molecule has 3 heteroatoms. The summed E-state index contributed by atoms with van der Waals surface area (Å²) in [5, 5.41) is 9.94. The first-order chi connectivity index (χ1) is 8.03. The summed E-state index contributed by atoms with van der Waals surface area (Å²) in [4.78, 5) is 12.0. The molecule has 3 nitrogen and oxygen atoms in total. The molecule has 92 valence electrons. The van der Waals surface area contributed by atoms with Gasteiger partial charge in [0, 0.05) is 5.56 Å². The summed E-state index contributed by atoms with van der Waals surface area (Å²) in [6.45, 7) is 3.34. The van der Waals surface area contributed by atoms with E-state index in [1.165, 1.54) is 0 Å². The van der Waals surface area contributed by atoms with Gasteiger partial charge >= 0.3 is 0 Å². The Kier molecular flexibility index (Phi) is 3.20. The molecule has 0 saturated heterocycles. The number of Topliss-reactive ketones (excluding diaryl/α,β-unsaturated/α-hetero) is 1. The van der Waals surface area contributed by atoms with Crippen LogP contribution in [0.25, 0.3) is 0 Å². The molecule has 17 heavy (non-hydrogen) atoms. The van der Waals surface area contributed by atoms with Gasteiger partial charge in [-0.05, 0) is 38.3 Å². The fourth-order valence-electron chi connectivity index (χ4n) is 1.56. The van der Waals surface area contributed by atoms with E-state index in [1.807, 2.05) is 6.07 Å². The topological polar surface area (TPSA) is 46.5 Å². The summed E-state index contributed by atoms with van der Waals surface area (Å²) in [5.74, 6) is 0.464. The van der Waals surface area contributed by atoms with Crippen molar-refractivity contribution in [3.63, 3.8) is 0 Å². The summed E-state index contributed by atoms with van der Waals surface area (Å²) < 4.78 is 5.63. The van der Waals surface area contributed by atoms with Gasteiger partial charge in [0.05, 0.1) is 6.10 Å². The van der Waals surface area contributed by atoms with Crippen molar-refractivity contribution in [2.45, 2.75) is 44.8 Å².